The number of piperidine rings is 3. The van der Waals surface area contributed by atoms with Gasteiger partial charge in [0.25, 0.3) is 0 Å². The molecule has 3 aliphatic heterocycles. The zero-order valence-electron chi connectivity index (χ0n) is 16.0. The summed E-state index contributed by atoms with van der Waals surface area (Å²) in [6, 6.07) is 0.618. The maximum Gasteiger partial charge on any atom is 0.0564 e. The Morgan fingerprint density at radius 1 is 0.720 bits per heavy atom. The summed E-state index contributed by atoms with van der Waals surface area (Å²) in [6.07, 6.45) is 10.3. The predicted molar refractivity (Wildman–Crippen MR) is 102 cm³/mol. The van der Waals surface area contributed by atoms with Gasteiger partial charge in [-0.15, -0.1) is 0 Å². The molecule has 2 N–H and O–H groups in total. The molecule has 0 amide bonds. The quantitative estimate of drug-likeness (QED) is 0.727. The molecule has 0 aliphatic carbocycles. The third-order valence-corrected chi connectivity index (χ3v) is 6.50. The van der Waals surface area contributed by atoms with Gasteiger partial charge in [0.1, 0.15) is 0 Å². The zero-order valence-corrected chi connectivity index (χ0v) is 16.0. The molecule has 3 aliphatic rings. The number of likely N-dealkylation sites (tertiary alicyclic amines) is 3. The van der Waals surface area contributed by atoms with Crippen LogP contribution in [-0.4, -0.2) is 95.5 Å². The number of aliphatic hydroxyl groups excluding tert-OH is 2. The van der Waals surface area contributed by atoms with Crippen molar-refractivity contribution in [1.82, 2.24) is 14.7 Å². The molecule has 3 fully saturated rings. The summed E-state index contributed by atoms with van der Waals surface area (Å²) < 4.78 is 0. The molecule has 1 atom stereocenters. The zero-order chi connectivity index (χ0) is 17.5. The molecule has 5 nitrogen and oxygen atoms in total. The van der Waals surface area contributed by atoms with Gasteiger partial charge in [-0.2, -0.15) is 0 Å². The van der Waals surface area contributed by atoms with Gasteiger partial charge in [0, 0.05) is 38.8 Å². The van der Waals surface area contributed by atoms with Crippen LogP contribution in [0, 0.1) is 0 Å². The lowest BCUT2D eigenvalue weighted by Crippen LogP contribution is -2.50. The van der Waals surface area contributed by atoms with Gasteiger partial charge in [-0.25, -0.2) is 0 Å². The minimum absolute atomic E-state index is 0.0843. The van der Waals surface area contributed by atoms with E-state index in [1.54, 1.807) is 0 Å². The average molecular weight is 354 g/mol. The molecule has 0 aromatic heterocycles. The average Bonchev–Trinajstić information content (AvgIpc) is 2.64. The van der Waals surface area contributed by atoms with Crippen molar-refractivity contribution in [2.24, 2.45) is 0 Å². The molecule has 0 spiro atoms. The lowest BCUT2D eigenvalue weighted by Gasteiger charge is -2.40. The third-order valence-electron chi connectivity index (χ3n) is 6.50. The molecule has 0 saturated carbocycles. The standard InChI is InChI=1S/C20H39N3O2/c24-19-6-13-22(14-7-19)17-18(23-15-8-20(25)9-16-23)5-4-12-21-10-2-1-3-11-21/h18-20,24-25H,1-17H2. The van der Waals surface area contributed by atoms with E-state index in [0.29, 0.717) is 6.04 Å². The van der Waals surface area contributed by atoms with Gasteiger partial charge in [0.15, 0.2) is 0 Å². The van der Waals surface area contributed by atoms with Crippen molar-refractivity contribution in [1.29, 1.82) is 0 Å². The third kappa shape index (κ3) is 6.47. The minimum atomic E-state index is -0.0876. The Morgan fingerprint density at radius 2 is 1.32 bits per heavy atom. The second-order valence-electron chi connectivity index (χ2n) is 8.50. The molecular formula is C20H39N3O2. The summed E-state index contributed by atoms with van der Waals surface area (Å²) in [5.41, 5.74) is 0. The summed E-state index contributed by atoms with van der Waals surface area (Å²) in [6.45, 7) is 9.17. The first kappa shape index (κ1) is 19.6. The normalized spacial score (nSPS) is 27.6. The Bertz CT molecular complexity index is 360. The van der Waals surface area contributed by atoms with E-state index in [1.807, 2.05) is 0 Å². The van der Waals surface area contributed by atoms with Gasteiger partial charge in [-0.1, -0.05) is 6.42 Å². The van der Waals surface area contributed by atoms with Gasteiger partial charge in [-0.05, 0) is 71.0 Å². The molecule has 0 aromatic carbocycles. The van der Waals surface area contributed by atoms with Crippen molar-refractivity contribution in [3.63, 3.8) is 0 Å². The molecule has 146 valence electrons. The summed E-state index contributed by atoms with van der Waals surface area (Å²) in [4.78, 5) is 7.84. The van der Waals surface area contributed by atoms with E-state index in [0.717, 1.165) is 58.4 Å². The van der Waals surface area contributed by atoms with Crippen LogP contribution < -0.4 is 0 Å². The molecule has 3 heterocycles. The largest absolute Gasteiger partial charge is 0.393 e. The lowest BCUT2D eigenvalue weighted by molar-refractivity contribution is 0.0294. The Balaban J connectivity index is 1.46. The van der Waals surface area contributed by atoms with Crippen LogP contribution in [0.3, 0.4) is 0 Å². The number of hydrogen-bond donors (Lipinski definition) is 2. The SMILES string of the molecule is OC1CCN(CC(CCCN2CCCCC2)N2CCC(O)CC2)CC1. The number of hydrogen-bond acceptors (Lipinski definition) is 5. The van der Waals surface area contributed by atoms with Crippen LogP contribution in [0.1, 0.15) is 57.8 Å². The Labute approximate surface area is 154 Å². The fourth-order valence-electron chi connectivity index (χ4n) is 4.77. The molecule has 25 heavy (non-hydrogen) atoms. The highest BCUT2D eigenvalue weighted by Gasteiger charge is 2.27. The smallest absolute Gasteiger partial charge is 0.0564 e. The highest BCUT2D eigenvalue weighted by molar-refractivity contribution is 4.83. The second kappa shape index (κ2) is 10.2. The first-order valence-corrected chi connectivity index (χ1v) is 10.8. The molecular weight excluding hydrogens is 314 g/mol. The van der Waals surface area contributed by atoms with Crippen molar-refractivity contribution in [3.8, 4) is 0 Å². The van der Waals surface area contributed by atoms with Gasteiger partial charge >= 0.3 is 0 Å². The van der Waals surface area contributed by atoms with Crippen molar-refractivity contribution < 1.29 is 10.2 Å². The van der Waals surface area contributed by atoms with Crippen LogP contribution in [0.4, 0.5) is 0 Å². The topological polar surface area (TPSA) is 50.2 Å². The van der Waals surface area contributed by atoms with Gasteiger partial charge < -0.3 is 20.0 Å². The molecule has 5 heteroatoms. The maximum absolute atomic E-state index is 9.83. The van der Waals surface area contributed by atoms with Crippen LogP contribution in [0.25, 0.3) is 0 Å². The van der Waals surface area contributed by atoms with E-state index < -0.39 is 0 Å². The van der Waals surface area contributed by atoms with Crippen LogP contribution in [0.5, 0.6) is 0 Å². The fraction of sp³-hybridized carbons (Fsp3) is 1.00. The van der Waals surface area contributed by atoms with E-state index in [4.69, 9.17) is 0 Å². The summed E-state index contributed by atoms with van der Waals surface area (Å²) in [5, 5.41) is 19.6. The van der Waals surface area contributed by atoms with E-state index >= 15 is 0 Å². The summed E-state index contributed by atoms with van der Waals surface area (Å²) in [7, 11) is 0. The second-order valence-corrected chi connectivity index (χ2v) is 8.50. The first-order valence-electron chi connectivity index (χ1n) is 10.8. The van der Waals surface area contributed by atoms with E-state index in [9.17, 15) is 10.2 Å². The van der Waals surface area contributed by atoms with E-state index in [2.05, 4.69) is 14.7 Å². The minimum Gasteiger partial charge on any atom is -0.393 e. The molecule has 0 bridgehead atoms. The number of nitrogens with zero attached hydrogens (tertiary/aromatic N) is 3. The molecule has 3 saturated heterocycles. The molecule has 3 rings (SSSR count). The highest BCUT2D eigenvalue weighted by Crippen LogP contribution is 2.20. The number of rotatable bonds is 7. The predicted octanol–water partition coefficient (Wildman–Crippen LogP) is 1.53. The maximum atomic E-state index is 9.83. The van der Waals surface area contributed by atoms with Crippen molar-refractivity contribution in [2.75, 3.05) is 52.4 Å². The van der Waals surface area contributed by atoms with E-state index in [-0.39, 0.29) is 12.2 Å². The molecule has 1 unspecified atom stereocenters. The highest BCUT2D eigenvalue weighted by atomic mass is 16.3. The van der Waals surface area contributed by atoms with Crippen LogP contribution >= 0.6 is 0 Å². The van der Waals surface area contributed by atoms with Crippen LogP contribution in [0.15, 0.2) is 0 Å². The monoisotopic (exact) mass is 353 g/mol. The van der Waals surface area contributed by atoms with E-state index in [1.165, 1.54) is 51.7 Å². The molecule has 0 radical (unpaired) electrons. The van der Waals surface area contributed by atoms with Crippen molar-refractivity contribution in [2.45, 2.75) is 76.0 Å². The van der Waals surface area contributed by atoms with Gasteiger partial charge in [0.2, 0.25) is 0 Å². The lowest BCUT2D eigenvalue weighted by atomic mass is 10.0. The van der Waals surface area contributed by atoms with Gasteiger partial charge in [0.05, 0.1) is 12.2 Å². The first-order chi connectivity index (χ1) is 12.2. The summed E-state index contributed by atoms with van der Waals surface area (Å²) in [5.74, 6) is 0. The Hall–Kier alpha value is -0.200. The summed E-state index contributed by atoms with van der Waals surface area (Å²) >= 11 is 0. The van der Waals surface area contributed by atoms with Crippen molar-refractivity contribution >= 4 is 0 Å². The van der Waals surface area contributed by atoms with Crippen molar-refractivity contribution in [3.05, 3.63) is 0 Å². The molecule has 0 aromatic rings. The number of aliphatic hydroxyl groups is 2. The Morgan fingerprint density at radius 3 is 1.96 bits per heavy atom. The van der Waals surface area contributed by atoms with Gasteiger partial charge in [-0.3, -0.25) is 4.90 Å². The Kier molecular flexibility index (Phi) is 7.99. The van der Waals surface area contributed by atoms with Crippen LogP contribution in [-0.2, 0) is 0 Å². The van der Waals surface area contributed by atoms with Crippen LogP contribution in [0.2, 0.25) is 0 Å². The fourth-order valence-corrected chi connectivity index (χ4v) is 4.77.